The number of aliphatic hydroxyl groups excluding tert-OH is 1. The minimum Gasteiger partial charge on any atom is -0.493 e. The Bertz CT molecular complexity index is 503. The first-order chi connectivity index (χ1) is 10.7. The lowest BCUT2D eigenvalue weighted by Crippen LogP contribution is -2.37. The van der Waals surface area contributed by atoms with Crippen LogP contribution in [-0.4, -0.2) is 38.1 Å². The zero-order valence-electron chi connectivity index (χ0n) is 12.8. The molecule has 0 aliphatic carbocycles. The number of hydrogen-bond donors (Lipinski definition) is 2. The van der Waals surface area contributed by atoms with Crippen LogP contribution in [0.1, 0.15) is 37.3 Å². The van der Waals surface area contributed by atoms with Crippen LogP contribution in [-0.2, 0) is 4.74 Å². The van der Waals surface area contributed by atoms with E-state index in [0.717, 1.165) is 57.8 Å². The van der Waals surface area contributed by atoms with Crippen LogP contribution in [0.2, 0.25) is 5.02 Å². The van der Waals surface area contributed by atoms with Gasteiger partial charge in [-0.15, -0.1) is 0 Å². The van der Waals surface area contributed by atoms with Crippen molar-refractivity contribution in [1.29, 1.82) is 0 Å². The molecule has 2 unspecified atom stereocenters. The van der Waals surface area contributed by atoms with Crippen LogP contribution in [0, 0.1) is 5.41 Å². The van der Waals surface area contributed by atoms with Crippen molar-refractivity contribution >= 4 is 11.6 Å². The van der Waals surface area contributed by atoms with Crippen LogP contribution < -0.4 is 10.1 Å². The molecule has 1 fully saturated rings. The second-order valence-corrected chi connectivity index (χ2v) is 6.82. The third-order valence-corrected chi connectivity index (χ3v) is 5.03. The Kier molecular flexibility index (Phi) is 5.24. The Balaban J connectivity index is 1.72. The molecule has 0 bridgehead atoms. The predicted molar refractivity (Wildman–Crippen MR) is 86.5 cm³/mol. The van der Waals surface area contributed by atoms with E-state index < -0.39 is 0 Å². The number of rotatable bonds is 5. The van der Waals surface area contributed by atoms with E-state index in [1.807, 2.05) is 12.1 Å². The van der Waals surface area contributed by atoms with Gasteiger partial charge < -0.3 is 19.9 Å². The molecule has 5 heteroatoms. The van der Waals surface area contributed by atoms with Gasteiger partial charge in [-0.3, -0.25) is 0 Å². The van der Waals surface area contributed by atoms with Crippen molar-refractivity contribution in [2.75, 3.05) is 33.0 Å². The molecule has 0 amide bonds. The van der Waals surface area contributed by atoms with E-state index in [9.17, 15) is 5.11 Å². The van der Waals surface area contributed by atoms with Crippen LogP contribution in [0.15, 0.2) is 18.2 Å². The van der Waals surface area contributed by atoms with Gasteiger partial charge in [-0.25, -0.2) is 0 Å². The third-order valence-electron chi connectivity index (χ3n) is 4.80. The van der Waals surface area contributed by atoms with E-state index in [4.69, 9.17) is 21.1 Å². The number of nitrogens with one attached hydrogen (secondary N) is 1. The molecule has 1 aromatic rings. The van der Waals surface area contributed by atoms with E-state index in [1.165, 1.54) is 5.56 Å². The van der Waals surface area contributed by atoms with Crippen LogP contribution >= 0.6 is 11.6 Å². The summed E-state index contributed by atoms with van der Waals surface area (Å²) < 4.78 is 11.4. The normalized spacial score (nSPS) is 28.0. The molecule has 2 N–H and O–H groups in total. The summed E-state index contributed by atoms with van der Waals surface area (Å²) in [6, 6.07) is 6.15. The number of benzene rings is 1. The molecular weight excluding hydrogens is 302 g/mol. The predicted octanol–water partition coefficient (Wildman–Crippen LogP) is 2.93. The van der Waals surface area contributed by atoms with Gasteiger partial charge in [0.2, 0.25) is 0 Å². The van der Waals surface area contributed by atoms with Crippen molar-refractivity contribution in [2.45, 2.75) is 31.7 Å². The first-order valence-electron chi connectivity index (χ1n) is 8.07. The molecule has 2 aliphatic heterocycles. The van der Waals surface area contributed by atoms with Gasteiger partial charge in [0.1, 0.15) is 5.75 Å². The molecule has 0 aromatic heterocycles. The molecule has 2 heterocycles. The number of fused-ring (bicyclic) bond motifs is 1. The number of aliphatic hydroxyl groups is 1. The van der Waals surface area contributed by atoms with E-state index in [1.54, 1.807) is 0 Å². The summed E-state index contributed by atoms with van der Waals surface area (Å²) >= 11 is 6.08. The van der Waals surface area contributed by atoms with Crippen molar-refractivity contribution in [2.24, 2.45) is 5.41 Å². The Morgan fingerprint density at radius 1 is 1.36 bits per heavy atom. The van der Waals surface area contributed by atoms with Crippen molar-refractivity contribution in [3.05, 3.63) is 28.8 Å². The van der Waals surface area contributed by atoms with Crippen LogP contribution in [0.4, 0.5) is 0 Å². The molecule has 0 radical (unpaired) electrons. The van der Waals surface area contributed by atoms with Gasteiger partial charge in [0.25, 0.3) is 0 Å². The molecule has 1 aromatic carbocycles. The molecule has 22 heavy (non-hydrogen) atoms. The van der Waals surface area contributed by atoms with Gasteiger partial charge in [-0.1, -0.05) is 17.7 Å². The monoisotopic (exact) mass is 325 g/mol. The Labute approximate surface area is 136 Å². The lowest BCUT2D eigenvalue weighted by Gasteiger charge is -2.30. The second-order valence-electron chi connectivity index (χ2n) is 6.38. The SMILES string of the molecule is OCCC1(CNC2CCCOc3cc(Cl)ccc32)CCOC1. The van der Waals surface area contributed by atoms with E-state index in [2.05, 4.69) is 11.4 Å². The maximum absolute atomic E-state index is 9.34. The maximum atomic E-state index is 9.34. The zero-order chi connectivity index (χ0) is 15.4. The van der Waals surface area contributed by atoms with Crippen molar-refractivity contribution in [3.8, 4) is 5.75 Å². The first-order valence-corrected chi connectivity index (χ1v) is 8.44. The summed E-state index contributed by atoms with van der Waals surface area (Å²) in [6.07, 6.45) is 3.87. The average Bonchev–Trinajstić information content (AvgIpc) is 2.87. The minimum absolute atomic E-state index is 0.0640. The molecular formula is C17H24ClNO3. The molecule has 2 atom stereocenters. The molecule has 1 saturated heterocycles. The molecule has 2 aliphatic rings. The zero-order valence-corrected chi connectivity index (χ0v) is 13.6. The topological polar surface area (TPSA) is 50.7 Å². The fourth-order valence-corrected chi connectivity index (χ4v) is 3.57. The van der Waals surface area contributed by atoms with Gasteiger partial charge in [-0.2, -0.15) is 0 Å². The van der Waals surface area contributed by atoms with Gasteiger partial charge in [0.05, 0.1) is 13.2 Å². The van der Waals surface area contributed by atoms with Crippen molar-refractivity contribution < 1.29 is 14.6 Å². The molecule has 4 nitrogen and oxygen atoms in total. The summed E-state index contributed by atoms with van der Waals surface area (Å²) in [4.78, 5) is 0. The van der Waals surface area contributed by atoms with Crippen molar-refractivity contribution in [3.63, 3.8) is 0 Å². The molecule has 0 spiro atoms. The Hall–Kier alpha value is -0.810. The number of hydrogen-bond acceptors (Lipinski definition) is 4. The molecule has 3 rings (SSSR count). The van der Waals surface area contributed by atoms with Crippen molar-refractivity contribution in [1.82, 2.24) is 5.32 Å². The fraction of sp³-hybridized carbons (Fsp3) is 0.647. The maximum Gasteiger partial charge on any atom is 0.125 e. The summed E-state index contributed by atoms with van der Waals surface area (Å²) in [6.45, 7) is 3.33. The minimum atomic E-state index is 0.0640. The summed E-state index contributed by atoms with van der Waals surface area (Å²) in [5.74, 6) is 0.890. The number of halogens is 1. The summed E-state index contributed by atoms with van der Waals surface area (Å²) in [5.41, 5.74) is 1.24. The largest absolute Gasteiger partial charge is 0.493 e. The van der Waals surface area contributed by atoms with Gasteiger partial charge in [-0.05, 0) is 37.8 Å². The highest BCUT2D eigenvalue weighted by Crippen LogP contribution is 2.36. The lowest BCUT2D eigenvalue weighted by molar-refractivity contribution is 0.121. The van der Waals surface area contributed by atoms with E-state index >= 15 is 0 Å². The van der Waals surface area contributed by atoms with Gasteiger partial charge >= 0.3 is 0 Å². The van der Waals surface area contributed by atoms with E-state index in [-0.39, 0.29) is 18.1 Å². The van der Waals surface area contributed by atoms with E-state index in [0.29, 0.717) is 5.02 Å². The Morgan fingerprint density at radius 3 is 3.05 bits per heavy atom. The summed E-state index contributed by atoms with van der Waals surface area (Å²) in [7, 11) is 0. The smallest absolute Gasteiger partial charge is 0.125 e. The van der Waals surface area contributed by atoms with Gasteiger partial charge in [0.15, 0.2) is 0 Å². The van der Waals surface area contributed by atoms with Crippen LogP contribution in [0.5, 0.6) is 5.75 Å². The highest BCUT2D eigenvalue weighted by molar-refractivity contribution is 6.30. The highest BCUT2D eigenvalue weighted by Gasteiger charge is 2.35. The van der Waals surface area contributed by atoms with Crippen LogP contribution in [0.3, 0.4) is 0 Å². The standard InChI is InChI=1S/C17H24ClNO3/c18-13-3-4-14-15(2-1-8-22-16(14)10-13)19-11-17(5-7-20)6-9-21-12-17/h3-4,10,15,19-20H,1-2,5-9,11-12H2. The molecule has 0 saturated carbocycles. The first kappa shape index (κ1) is 16.1. The number of ether oxygens (including phenoxy) is 2. The van der Waals surface area contributed by atoms with Gasteiger partial charge in [0, 0.05) is 41.8 Å². The third kappa shape index (κ3) is 3.57. The van der Waals surface area contributed by atoms with Crippen LogP contribution in [0.25, 0.3) is 0 Å². The fourth-order valence-electron chi connectivity index (χ4n) is 3.41. The molecule has 122 valence electrons. The lowest BCUT2D eigenvalue weighted by atomic mass is 9.83. The quantitative estimate of drug-likeness (QED) is 0.874. The highest BCUT2D eigenvalue weighted by atomic mass is 35.5. The second kappa shape index (κ2) is 7.18. The summed E-state index contributed by atoms with van der Waals surface area (Å²) in [5, 5.41) is 13.7. The average molecular weight is 326 g/mol. The Morgan fingerprint density at radius 2 is 2.27 bits per heavy atom.